The third-order valence-corrected chi connectivity index (χ3v) is 3.03. The number of carbonyl (C=O) groups is 1. The third kappa shape index (κ3) is 3.65. The van der Waals surface area contributed by atoms with Crippen LogP contribution in [0.5, 0.6) is 0 Å². The monoisotopic (exact) mass is 247 g/mol. The van der Waals surface area contributed by atoms with Crippen LogP contribution in [0.2, 0.25) is 0 Å². The molecule has 1 fully saturated rings. The molecule has 0 atom stereocenters. The first-order chi connectivity index (χ1) is 8.69. The van der Waals surface area contributed by atoms with Crippen molar-refractivity contribution in [1.82, 2.24) is 5.32 Å². The van der Waals surface area contributed by atoms with Gasteiger partial charge in [0.2, 0.25) is 5.91 Å². The van der Waals surface area contributed by atoms with Crippen LogP contribution in [0.15, 0.2) is 24.3 Å². The van der Waals surface area contributed by atoms with Crippen LogP contribution >= 0.6 is 0 Å². The standard InChI is InChI=1S/C14H21N3O/c1-2-9-17(10-14(18)16-12-5-6-12)13-7-3-11(15)4-8-13/h3-4,7-8,12H,2,5-6,9-10,15H2,1H3,(H,16,18). The lowest BCUT2D eigenvalue weighted by molar-refractivity contribution is -0.119. The molecule has 0 unspecified atom stereocenters. The van der Waals surface area contributed by atoms with Crippen molar-refractivity contribution in [2.24, 2.45) is 0 Å². The fourth-order valence-electron chi connectivity index (χ4n) is 1.93. The lowest BCUT2D eigenvalue weighted by Gasteiger charge is -2.23. The van der Waals surface area contributed by atoms with E-state index in [1.165, 1.54) is 0 Å². The maximum Gasteiger partial charge on any atom is 0.239 e. The van der Waals surface area contributed by atoms with Gasteiger partial charge in [-0.2, -0.15) is 0 Å². The van der Waals surface area contributed by atoms with Gasteiger partial charge in [0.15, 0.2) is 0 Å². The minimum atomic E-state index is 0.114. The van der Waals surface area contributed by atoms with Crippen molar-refractivity contribution >= 4 is 17.3 Å². The summed E-state index contributed by atoms with van der Waals surface area (Å²) >= 11 is 0. The molecule has 2 rings (SSSR count). The van der Waals surface area contributed by atoms with Crippen LogP contribution < -0.4 is 16.0 Å². The molecule has 0 heterocycles. The molecule has 0 bridgehead atoms. The number of carbonyl (C=O) groups excluding carboxylic acids is 1. The van der Waals surface area contributed by atoms with E-state index in [2.05, 4.69) is 17.1 Å². The number of rotatable bonds is 6. The van der Waals surface area contributed by atoms with Crippen molar-refractivity contribution in [3.05, 3.63) is 24.3 Å². The fraction of sp³-hybridized carbons (Fsp3) is 0.500. The van der Waals surface area contributed by atoms with E-state index >= 15 is 0 Å². The molecule has 1 aromatic rings. The van der Waals surface area contributed by atoms with E-state index in [0.717, 1.165) is 37.2 Å². The van der Waals surface area contributed by atoms with Crippen molar-refractivity contribution in [2.45, 2.75) is 32.2 Å². The number of hydrogen-bond acceptors (Lipinski definition) is 3. The zero-order valence-corrected chi connectivity index (χ0v) is 10.9. The zero-order chi connectivity index (χ0) is 13.0. The normalized spacial score (nSPS) is 14.3. The zero-order valence-electron chi connectivity index (χ0n) is 10.9. The van der Waals surface area contributed by atoms with Gasteiger partial charge in [-0.3, -0.25) is 4.79 Å². The summed E-state index contributed by atoms with van der Waals surface area (Å²) in [6, 6.07) is 8.10. The SMILES string of the molecule is CCCN(CC(=O)NC1CC1)c1ccc(N)cc1. The quantitative estimate of drug-likeness (QED) is 0.753. The lowest BCUT2D eigenvalue weighted by Crippen LogP contribution is -2.38. The first-order valence-corrected chi connectivity index (χ1v) is 6.59. The summed E-state index contributed by atoms with van der Waals surface area (Å²) in [6.45, 7) is 3.42. The summed E-state index contributed by atoms with van der Waals surface area (Å²) in [4.78, 5) is 13.9. The molecule has 98 valence electrons. The number of benzene rings is 1. The molecule has 18 heavy (non-hydrogen) atoms. The first-order valence-electron chi connectivity index (χ1n) is 6.59. The number of anilines is 2. The van der Waals surface area contributed by atoms with Gasteiger partial charge in [-0.15, -0.1) is 0 Å². The van der Waals surface area contributed by atoms with E-state index in [0.29, 0.717) is 12.6 Å². The molecule has 0 aromatic heterocycles. The van der Waals surface area contributed by atoms with Crippen LogP contribution in [0.3, 0.4) is 0 Å². The Morgan fingerprint density at radius 1 is 1.39 bits per heavy atom. The molecule has 4 nitrogen and oxygen atoms in total. The van der Waals surface area contributed by atoms with Gasteiger partial charge >= 0.3 is 0 Å². The minimum Gasteiger partial charge on any atom is -0.399 e. The molecule has 0 saturated heterocycles. The second-order valence-corrected chi connectivity index (χ2v) is 4.85. The van der Waals surface area contributed by atoms with Gasteiger partial charge in [-0.1, -0.05) is 6.92 Å². The van der Waals surface area contributed by atoms with Crippen LogP contribution in [0.1, 0.15) is 26.2 Å². The van der Waals surface area contributed by atoms with Crippen molar-refractivity contribution in [1.29, 1.82) is 0 Å². The van der Waals surface area contributed by atoms with Crippen molar-refractivity contribution in [3.8, 4) is 0 Å². The predicted octanol–water partition coefficient (Wildman–Crippen LogP) is 1.76. The van der Waals surface area contributed by atoms with E-state index in [1.807, 2.05) is 24.3 Å². The molecule has 0 radical (unpaired) electrons. The van der Waals surface area contributed by atoms with Gasteiger partial charge in [0.1, 0.15) is 0 Å². The molecule has 0 spiro atoms. The Hall–Kier alpha value is -1.71. The van der Waals surface area contributed by atoms with Crippen LogP contribution in [-0.4, -0.2) is 25.0 Å². The maximum absolute atomic E-state index is 11.8. The van der Waals surface area contributed by atoms with Gasteiger partial charge in [0, 0.05) is 24.0 Å². The van der Waals surface area contributed by atoms with Crippen molar-refractivity contribution < 1.29 is 4.79 Å². The van der Waals surface area contributed by atoms with Gasteiger partial charge < -0.3 is 16.0 Å². The number of nitrogens with one attached hydrogen (secondary N) is 1. The number of hydrogen-bond donors (Lipinski definition) is 2. The Bertz CT molecular complexity index is 398. The van der Waals surface area contributed by atoms with Gasteiger partial charge in [0.25, 0.3) is 0 Å². The number of nitrogen functional groups attached to an aromatic ring is 1. The summed E-state index contributed by atoms with van der Waals surface area (Å²) in [5.41, 5.74) is 7.48. The molecule has 3 N–H and O–H groups in total. The Morgan fingerprint density at radius 3 is 2.61 bits per heavy atom. The summed E-state index contributed by atoms with van der Waals surface area (Å²) in [6.07, 6.45) is 3.27. The number of nitrogens with two attached hydrogens (primary N) is 1. The van der Waals surface area contributed by atoms with Crippen LogP contribution in [0, 0.1) is 0 Å². The van der Waals surface area contributed by atoms with Gasteiger partial charge in [-0.25, -0.2) is 0 Å². The minimum absolute atomic E-state index is 0.114. The molecule has 0 aliphatic heterocycles. The average molecular weight is 247 g/mol. The Kier molecular flexibility index (Phi) is 4.07. The summed E-state index contributed by atoms with van der Waals surface area (Å²) < 4.78 is 0. The topological polar surface area (TPSA) is 58.4 Å². The van der Waals surface area contributed by atoms with E-state index in [-0.39, 0.29) is 5.91 Å². The third-order valence-electron chi connectivity index (χ3n) is 3.03. The average Bonchev–Trinajstić information content (AvgIpc) is 3.13. The van der Waals surface area contributed by atoms with Crippen LogP contribution in [0.25, 0.3) is 0 Å². The predicted molar refractivity (Wildman–Crippen MR) is 74.5 cm³/mol. The molecule has 1 saturated carbocycles. The maximum atomic E-state index is 11.8. The lowest BCUT2D eigenvalue weighted by atomic mass is 10.2. The fourth-order valence-corrected chi connectivity index (χ4v) is 1.93. The second kappa shape index (κ2) is 5.76. The molecule has 1 aliphatic rings. The molecule has 1 aliphatic carbocycles. The smallest absolute Gasteiger partial charge is 0.239 e. The van der Waals surface area contributed by atoms with Crippen molar-refractivity contribution in [2.75, 3.05) is 23.7 Å². The molecule has 4 heteroatoms. The van der Waals surface area contributed by atoms with Gasteiger partial charge in [-0.05, 0) is 43.5 Å². The highest BCUT2D eigenvalue weighted by atomic mass is 16.2. The Morgan fingerprint density at radius 2 is 2.06 bits per heavy atom. The van der Waals surface area contributed by atoms with E-state index in [4.69, 9.17) is 5.73 Å². The summed E-state index contributed by atoms with van der Waals surface area (Å²) in [7, 11) is 0. The highest BCUT2D eigenvalue weighted by Gasteiger charge is 2.23. The highest BCUT2D eigenvalue weighted by Crippen LogP contribution is 2.19. The Labute approximate surface area is 108 Å². The number of amides is 1. The van der Waals surface area contributed by atoms with Crippen LogP contribution in [-0.2, 0) is 4.79 Å². The molecular formula is C14H21N3O. The number of nitrogens with zero attached hydrogens (tertiary/aromatic N) is 1. The summed E-state index contributed by atoms with van der Waals surface area (Å²) in [5.74, 6) is 0.114. The highest BCUT2D eigenvalue weighted by molar-refractivity contribution is 5.82. The Balaban J connectivity index is 1.97. The molecule has 1 aromatic carbocycles. The largest absolute Gasteiger partial charge is 0.399 e. The summed E-state index contributed by atoms with van der Waals surface area (Å²) in [5, 5.41) is 3.02. The molecule has 1 amide bonds. The van der Waals surface area contributed by atoms with E-state index in [1.54, 1.807) is 0 Å². The second-order valence-electron chi connectivity index (χ2n) is 4.85. The molecular weight excluding hydrogens is 226 g/mol. The van der Waals surface area contributed by atoms with Crippen molar-refractivity contribution in [3.63, 3.8) is 0 Å². The van der Waals surface area contributed by atoms with E-state index in [9.17, 15) is 4.79 Å². The first kappa shape index (κ1) is 12.7. The van der Waals surface area contributed by atoms with Crippen LogP contribution in [0.4, 0.5) is 11.4 Å². The van der Waals surface area contributed by atoms with Gasteiger partial charge in [0.05, 0.1) is 6.54 Å². The van der Waals surface area contributed by atoms with E-state index < -0.39 is 0 Å².